The minimum atomic E-state index is -0.993. The highest BCUT2D eigenvalue weighted by Crippen LogP contribution is 2.27. The Morgan fingerprint density at radius 1 is 1.12 bits per heavy atom. The molecule has 0 aliphatic carbocycles. The third-order valence-corrected chi connectivity index (χ3v) is 5.43. The molecule has 2 aromatic carbocycles. The lowest BCUT2D eigenvalue weighted by Crippen LogP contribution is -2.27. The zero-order valence-electron chi connectivity index (χ0n) is 17.9. The summed E-state index contributed by atoms with van der Waals surface area (Å²) in [5.41, 5.74) is 1.60. The van der Waals surface area contributed by atoms with Crippen molar-refractivity contribution in [2.45, 2.75) is 26.3 Å². The lowest BCUT2D eigenvalue weighted by molar-refractivity contribution is -0.115. The van der Waals surface area contributed by atoms with Gasteiger partial charge in [0.1, 0.15) is 5.75 Å². The molecule has 3 aromatic rings. The van der Waals surface area contributed by atoms with Gasteiger partial charge in [0.2, 0.25) is 5.91 Å². The summed E-state index contributed by atoms with van der Waals surface area (Å²) < 4.78 is 33.7. The zero-order valence-corrected chi connectivity index (χ0v) is 17.9. The largest absolute Gasteiger partial charge is 0.493 e. The molecule has 2 heterocycles. The van der Waals surface area contributed by atoms with E-state index in [1.54, 1.807) is 18.2 Å². The molecule has 8 heteroatoms. The van der Waals surface area contributed by atoms with Crippen molar-refractivity contribution in [3.8, 4) is 5.75 Å². The maximum Gasteiger partial charge on any atom is 0.261 e. The van der Waals surface area contributed by atoms with Gasteiger partial charge in [-0.25, -0.2) is 8.78 Å². The molecule has 0 bridgehead atoms. The molecule has 0 saturated heterocycles. The molecule has 6 nitrogen and oxygen atoms in total. The number of pyridine rings is 1. The third-order valence-electron chi connectivity index (χ3n) is 5.43. The van der Waals surface area contributed by atoms with Crippen molar-refractivity contribution in [1.29, 1.82) is 0 Å². The molecular formula is C25H22F2N2O4. The number of rotatable bonds is 8. The fourth-order valence-corrected chi connectivity index (χ4v) is 3.72. The Labute approximate surface area is 188 Å². The molecular weight excluding hydrogens is 430 g/mol. The average molecular weight is 452 g/mol. The standard InChI is InChI=1S/C25H22F2N2O4/c1-15(14-33-18-6-5-17-11-24(31)28-22(17)12-18)9-23(30)19-3-2-8-29(25(19)32)13-16-4-7-20(26)21(27)10-16/h2-8,10,12,15H,9,11,13-14H2,1H3,(H,28,31)/t15-/m0/s1. The summed E-state index contributed by atoms with van der Waals surface area (Å²) in [5, 5.41) is 2.76. The van der Waals surface area contributed by atoms with Gasteiger partial charge in [0.05, 0.1) is 25.1 Å². The van der Waals surface area contributed by atoms with Gasteiger partial charge in [-0.3, -0.25) is 14.4 Å². The molecule has 170 valence electrons. The van der Waals surface area contributed by atoms with Crippen molar-refractivity contribution < 1.29 is 23.1 Å². The fraction of sp³-hybridized carbons (Fsp3) is 0.240. The third kappa shape index (κ3) is 5.16. The van der Waals surface area contributed by atoms with Crippen LogP contribution in [0.1, 0.15) is 34.8 Å². The number of fused-ring (bicyclic) bond motifs is 1. The highest BCUT2D eigenvalue weighted by molar-refractivity contribution is 5.99. The summed E-state index contributed by atoms with van der Waals surface area (Å²) in [6.07, 6.45) is 1.96. The molecule has 1 amide bonds. The maximum absolute atomic E-state index is 13.5. The summed E-state index contributed by atoms with van der Waals surface area (Å²) in [6, 6.07) is 11.8. The van der Waals surface area contributed by atoms with Gasteiger partial charge in [0.25, 0.3) is 5.56 Å². The maximum atomic E-state index is 13.5. The number of ether oxygens (including phenoxy) is 1. The first-order valence-electron chi connectivity index (χ1n) is 10.5. The van der Waals surface area contributed by atoms with Crippen LogP contribution in [-0.4, -0.2) is 22.9 Å². The van der Waals surface area contributed by atoms with E-state index in [1.807, 2.05) is 13.0 Å². The lowest BCUT2D eigenvalue weighted by atomic mass is 10.0. The number of hydrogen-bond acceptors (Lipinski definition) is 4. The van der Waals surface area contributed by atoms with Crippen molar-refractivity contribution in [1.82, 2.24) is 4.57 Å². The van der Waals surface area contributed by atoms with Gasteiger partial charge >= 0.3 is 0 Å². The summed E-state index contributed by atoms with van der Waals surface area (Å²) in [6.45, 7) is 2.12. The number of carbonyl (C=O) groups is 2. The number of Topliss-reactive ketones (excluding diaryl/α,β-unsaturated/α-hetero) is 1. The molecule has 1 atom stereocenters. The molecule has 0 unspecified atom stereocenters. The number of carbonyl (C=O) groups excluding carboxylic acids is 2. The van der Waals surface area contributed by atoms with E-state index in [2.05, 4.69) is 5.32 Å². The topological polar surface area (TPSA) is 77.4 Å². The van der Waals surface area contributed by atoms with Crippen LogP contribution < -0.4 is 15.6 Å². The van der Waals surface area contributed by atoms with E-state index in [-0.39, 0.29) is 42.7 Å². The number of ketones is 1. The fourth-order valence-electron chi connectivity index (χ4n) is 3.72. The Morgan fingerprint density at radius 2 is 1.94 bits per heavy atom. The number of benzene rings is 2. The number of anilines is 1. The Bertz CT molecular complexity index is 1290. The van der Waals surface area contributed by atoms with Gasteiger partial charge in [-0.1, -0.05) is 19.1 Å². The van der Waals surface area contributed by atoms with E-state index >= 15 is 0 Å². The van der Waals surface area contributed by atoms with Crippen molar-refractivity contribution in [2.75, 3.05) is 11.9 Å². The monoisotopic (exact) mass is 452 g/mol. The van der Waals surface area contributed by atoms with E-state index in [9.17, 15) is 23.2 Å². The molecule has 1 aliphatic rings. The summed E-state index contributed by atoms with van der Waals surface area (Å²) >= 11 is 0. The van der Waals surface area contributed by atoms with Crippen LogP contribution in [0.5, 0.6) is 5.75 Å². The van der Waals surface area contributed by atoms with Gasteiger partial charge in [-0.2, -0.15) is 0 Å². The van der Waals surface area contributed by atoms with Crippen LogP contribution in [0.4, 0.5) is 14.5 Å². The Morgan fingerprint density at radius 3 is 2.73 bits per heavy atom. The highest BCUT2D eigenvalue weighted by Gasteiger charge is 2.19. The van der Waals surface area contributed by atoms with E-state index in [4.69, 9.17) is 4.74 Å². The van der Waals surface area contributed by atoms with E-state index in [0.29, 0.717) is 17.7 Å². The first-order chi connectivity index (χ1) is 15.8. The van der Waals surface area contributed by atoms with Crippen LogP contribution in [-0.2, 0) is 17.8 Å². The SMILES string of the molecule is C[C@H](COc1ccc2c(c1)NC(=O)C2)CC(=O)c1cccn(Cc2ccc(F)c(F)c2)c1=O. The highest BCUT2D eigenvalue weighted by atomic mass is 19.2. The van der Waals surface area contributed by atoms with Crippen LogP contribution in [0.15, 0.2) is 59.5 Å². The van der Waals surface area contributed by atoms with Crippen LogP contribution >= 0.6 is 0 Å². The van der Waals surface area contributed by atoms with Crippen molar-refractivity contribution in [3.63, 3.8) is 0 Å². The summed E-state index contributed by atoms with van der Waals surface area (Å²) in [7, 11) is 0. The molecule has 4 rings (SSSR count). The minimum absolute atomic E-state index is 0.0185. The number of hydrogen-bond donors (Lipinski definition) is 1. The second-order valence-electron chi connectivity index (χ2n) is 8.19. The zero-order chi connectivity index (χ0) is 23.5. The Balaban J connectivity index is 1.38. The Kier molecular flexibility index (Phi) is 6.35. The number of halogens is 2. The van der Waals surface area contributed by atoms with Crippen LogP contribution in [0.25, 0.3) is 0 Å². The van der Waals surface area contributed by atoms with E-state index in [0.717, 1.165) is 23.4 Å². The molecule has 0 spiro atoms. The van der Waals surface area contributed by atoms with Gasteiger partial charge in [-0.15, -0.1) is 0 Å². The minimum Gasteiger partial charge on any atom is -0.493 e. The molecule has 1 aliphatic heterocycles. The smallest absolute Gasteiger partial charge is 0.261 e. The van der Waals surface area contributed by atoms with E-state index in [1.165, 1.54) is 22.9 Å². The summed E-state index contributed by atoms with van der Waals surface area (Å²) in [5.74, 6) is -1.91. The second kappa shape index (κ2) is 9.36. The number of nitrogens with one attached hydrogen (secondary N) is 1. The number of nitrogens with zero attached hydrogens (tertiary/aromatic N) is 1. The number of aromatic nitrogens is 1. The second-order valence-corrected chi connectivity index (χ2v) is 8.19. The molecule has 1 N–H and O–H groups in total. The van der Waals surface area contributed by atoms with Crippen LogP contribution in [0.2, 0.25) is 0 Å². The molecule has 0 fully saturated rings. The average Bonchev–Trinajstić information content (AvgIpc) is 3.15. The van der Waals surface area contributed by atoms with Gasteiger partial charge in [-0.05, 0) is 47.4 Å². The molecule has 0 saturated carbocycles. The van der Waals surface area contributed by atoms with E-state index < -0.39 is 17.2 Å². The first kappa shape index (κ1) is 22.4. The van der Waals surface area contributed by atoms with Gasteiger partial charge < -0.3 is 14.6 Å². The normalized spacial score (nSPS) is 13.4. The van der Waals surface area contributed by atoms with Crippen molar-refractivity contribution in [2.24, 2.45) is 5.92 Å². The predicted molar refractivity (Wildman–Crippen MR) is 119 cm³/mol. The predicted octanol–water partition coefficient (Wildman–Crippen LogP) is 3.96. The van der Waals surface area contributed by atoms with Crippen molar-refractivity contribution in [3.05, 3.63) is 93.4 Å². The van der Waals surface area contributed by atoms with Crippen molar-refractivity contribution >= 4 is 17.4 Å². The Hall–Kier alpha value is -3.81. The quantitative estimate of drug-likeness (QED) is 0.525. The first-order valence-corrected chi connectivity index (χ1v) is 10.5. The molecule has 0 radical (unpaired) electrons. The number of amides is 1. The lowest BCUT2D eigenvalue weighted by Gasteiger charge is -2.14. The van der Waals surface area contributed by atoms with Crippen LogP contribution in [0.3, 0.4) is 0 Å². The van der Waals surface area contributed by atoms with Gasteiger partial charge in [0.15, 0.2) is 17.4 Å². The molecule has 1 aromatic heterocycles. The van der Waals surface area contributed by atoms with Gasteiger partial charge in [0, 0.05) is 24.4 Å². The summed E-state index contributed by atoms with van der Waals surface area (Å²) in [4.78, 5) is 37.0. The van der Waals surface area contributed by atoms with Crippen LogP contribution in [0, 0.1) is 17.6 Å². The molecule has 33 heavy (non-hydrogen) atoms.